The number of carbonyl (C=O) groups excluding carboxylic acids is 1. The van der Waals surface area contributed by atoms with Crippen LogP contribution in [0, 0.1) is 0 Å². The average molecular weight is 258 g/mol. The Morgan fingerprint density at radius 1 is 1.44 bits per heavy atom. The molecule has 0 aromatic heterocycles. The number of methoxy groups -OCH3 is 1. The molecule has 0 saturated carbocycles. The molecule has 6 nitrogen and oxygen atoms in total. The van der Waals surface area contributed by atoms with Crippen molar-refractivity contribution in [2.24, 2.45) is 0 Å². The second-order valence-electron chi connectivity index (χ2n) is 5.53. The van der Waals surface area contributed by atoms with Crippen LogP contribution in [0.5, 0.6) is 0 Å². The summed E-state index contributed by atoms with van der Waals surface area (Å²) in [5.41, 5.74) is -0.513. The molecule has 0 bridgehead atoms. The van der Waals surface area contributed by atoms with Gasteiger partial charge in [-0.05, 0) is 27.2 Å². The number of carboxylic acid groups (broad SMARTS) is 1. The summed E-state index contributed by atoms with van der Waals surface area (Å²) in [6, 6.07) is -0.232. The first-order valence-electron chi connectivity index (χ1n) is 6.07. The van der Waals surface area contributed by atoms with E-state index in [4.69, 9.17) is 9.84 Å². The van der Waals surface area contributed by atoms with E-state index in [0.29, 0.717) is 13.1 Å². The first-order chi connectivity index (χ1) is 8.25. The van der Waals surface area contributed by atoms with E-state index in [-0.39, 0.29) is 18.7 Å². The van der Waals surface area contributed by atoms with Crippen LogP contribution in [0.2, 0.25) is 0 Å². The predicted octanol–water partition coefficient (Wildman–Crippen LogP) is 1.01. The Hall–Kier alpha value is -1.30. The summed E-state index contributed by atoms with van der Waals surface area (Å²) < 4.78 is 5.21. The zero-order valence-corrected chi connectivity index (χ0v) is 11.5. The third-order valence-electron chi connectivity index (χ3n) is 3.08. The molecule has 0 spiro atoms. The molecular weight excluding hydrogens is 236 g/mol. The highest BCUT2D eigenvalue weighted by atomic mass is 16.5. The molecule has 1 saturated heterocycles. The molecule has 1 atom stereocenters. The summed E-state index contributed by atoms with van der Waals surface area (Å²) in [4.78, 5) is 26.2. The number of amides is 2. The maximum absolute atomic E-state index is 12.3. The van der Waals surface area contributed by atoms with Gasteiger partial charge in [-0.15, -0.1) is 0 Å². The number of urea groups is 1. The fourth-order valence-electron chi connectivity index (χ4n) is 1.99. The van der Waals surface area contributed by atoms with E-state index < -0.39 is 11.5 Å². The molecule has 1 rings (SSSR count). The smallest absolute Gasteiger partial charge is 0.323 e. The Bertz CT molecular complexity index is 325. The molecule has 1 aliphatic heterocycles. The van der Waals surface area contributed by atoms with E-state index in [1.165, 1.54) is 4.90 Å². The zero-order valence-electron chi connectivity index (χ0n) is 11.5. The van der Waals surface area contributed by atoms with Crippen LogP contribution in [0.15, 0.2) is 0 Å². The number of ether oxygens (including phenoxy) is 1. The largest absolute Gasteiger partial charge is 0.480 e. The summed E-state index contributed by atoms with van der Waals surface area (Å²) in [5, 5.41) is 8.90. The third-order valence-corrected chi connectivity index (χ3v) is 3.08. The van der Waals surface area contributed by atoms with Crippen LogP contribution in [0.1, 0.15) is 27.2 Å². The maximum Gasteiger partial charge on any atom is 0.323 e. The molecule has 0 aromatic carbocycles. The van der Waals surface area contributed by atoms with Crippen molar-refractivity contribution < 1.29 is 19.4 Å². The van der Waals surface area contributed by atoms with E-state index in [1.54, 1.807) is 12.0 Å². The molecule has 1 aliphatic rings. The molecule has 1 N–H and O–H groups in total. The van der Waals surface area contributed by atoms with Crippen LogP contribution in [-0.2, 0) is 9.53 Å². The Morgan fingerprint density at radius 2 is 2.06 bits per heavy atom. The van der Waals surface area contributed by atoms with Crippen LogP contribution in [0.3, 0.4) is 0 Å². The van der Waals surface area contributed by atoms with E-state index >= 15 is 0 Å². The average Bonchev–Trinajstić information content (AvgIpc) is 2.71. The highest BCUT2D eigenvalue weighted by Crippen LogP contribution is 2.19. The van der Waals surface area contributed by atoms with Gasteiger partial charge in [0, 0.05) is 25.7 Å². The Labute approximate surface area is 107 Å². The van der Waals surface area contributed by atoms with Crippen LogP contribution < -0.4 is 0 Å². The summed E-state index contributed by atoms with van der Waals surface area (Å²) >= 11 is 0. The number of hydrogen-bond acceptors (Lipinski definition) is 3. The minimum atomic E-state index is -0.999. The topological polar surface area (TPSA) is 70.1 Å². The van der Waals surface area contributed by atoms with Crippen molar-refractivity contribution >= 4 is 12.0 Å². The summed E-state index contributed by atoms with van der Waals surface area (Å²) in [6.07, 6.45) is 0.855. The Kier molecular flexibility index (Phi) is 4.56. The first kappa shape index (κ1) is 14.8. The number of hydrogen-bond donors (Lipinski definition) is 1. The standard InChI is InChI=1S/C12H22N2O4/c1-12(2,3)14(8-10(15)16)11(17)13-6-5-9(7-13)18-4/h9H,5-8H2,1-4H3,(H,15,16). The van der Waals surface area contributed by atoms with Crippen molar-refractivity contribution in [2.45, 2.75) is 38.8 Å². The van der Waals surface area contributed by atoms with Gasteiger partial charge in [-0.1, -0.05) is 0 Å². The van der Waals surface area contributed by atoms with E-state index in [9.17, 15) is 9.59 Å². The molecule has 1 unspecified atom stereocenters. The number of carboxylic acids is 1. The van der Waals surface area contributed by atoms with Gasteiger partial charge in [-0.2, -0.15) is 0 Å². The van der Waals surface area contributed by atoms with Crippen molar-refractivity contribution in [3.63, 3.8) is 0 Å². The van der Waals surface area contributed by atoms with Crippen molar-refractivity contribution in [1.82, 2.24) is 9.80 Å². The molecule has 18 heavy (non-hydrogen) atoms. The second-order valence-corrected chi connectivity index (χ2v) is 5.53. The Morgan fingerprint density at radius 3 is 2.44 bits per heavy atom. The van der Waals surface area contributed by atoms with Crippen molar-refractivity contribution in [1.29, 1.82) is 0 Å². The number of carbonyl (C=O) groups is 2. The van der Waals surface area contributed by atoms with Crippen LogP contribution in [0.4, 0.5) is 4.79 Å². The number of rotatable bonds is 3. The fraction of sp³-hybridized carbons (Fsp3) is 0.833. The highest BCUT2D eigenvalue weighted by Gasteiger charge is 2.35. The van der Waals surface area contributed by atoms with E-state index in [0.717, 1.165) is 6.42 Å². The fourth-order valence-corrected chi connectivity index (χ4v) is 1.99. The second kappa shape index (κ2) is 5.56. The van der Waals surface area contributed by atoms with Crippen LogP contribution in [0.25, 0.3) is 0 Å². The van der Waals surface area contributed by atoms with Gasteiger partial charge < -0.3 is 19.6 Å². The van der Waals surface area contributed by atoms with Gasteiger partial charge in [-0.25, -0.2) is 4.79 Å². The molecule has 0 radical (unpaired) electrons. The van der Waals surface area contributed by atoms with E-state index in [2.05, 4.69) is 0 Å². The molecule has 0 aromatic rings. The van der Waals surface area contributed by atoms with Crippen molar-refractivity contribution in [2.75, 3.05) is 26.7 Å². The SMILES string of the molecule is COC1CCN(C(=O)N(CC(=O)O)C(C)(C)C)C1. The molecule has 2 amide bonds. The number of likely N-dealkylation sites (tertiary alicyclic amines) is 1. The summed E-state index contributed by atoms with van der Waals surface area (Å²) in [6.45, 7) is 6.36. The number of aliphatic carboxylic acids is 1. The normalized spacial score (nSPS) is 20.0. The first-order valence-corrected chi connectivity index (χ1v) is 6.07. The predicted molar refractivity (Wildman–Crippen MR) is 66.5 cm³/mol. The maximum atomic E-state index is 12.3. The monoisotopic (exact) mass is 258 g/mol. The number of nitrogens with zero attached hydrogens (tertiary/aromatic N) is 2. The quantitative estimate of drug-likeness (QED) is 0.820. The third kappa shape index (κ3) is 3.60. The lowest BCUT2D eigenvalue weighted by Gasteiger charge is -2.37. The molecule has 104 valence electrons. The zero-order chi connectivity index (χ0) is 13.9. The molecule has 6 heteroatoms. The molecule has 1 heterocycles. The van der Waals surface area contributed by atoms with Gasteiger partial charge in [0.05, 0.1) is 6.10 Å². The summed E-state index contributed by atoms with van der Waals surface area (Å²) in [7, 11) is 1.62. The lowest BCUT2D eigenvalue weighted by Crippen LogP contribution is -2.53. The van der Waals surface area contributed by atoms with Gasteiger partial charge in [-0.3, -0.25) is 4.79 Å². The van der Waals surface area contributed by atoms with Crippen molar-refractivity contribution in [3.8, 4) is 0 Å². The molecular formula is C12H22N2O4. The van der Waals surface area contributed by atoms with Crippen LogP contribution in [-0.4, -0.2) is 65.3 Å². The van der Waals surface area contributed by atoms with Gasteiger partial charge in [0.1, 0.15) is 6.54 Å². The van der Waals surface area contributed by atoms with Gasteiger partial charge in [0.15, 0.2) is 0 Å². The summed E-state index contributed by atoms with van der Waals surface area (Å²) in [5.74, 6) is -0.999. The van der Waals surface area contributed by atoms with Gasteiger partial charge in [0.25, 0.3) is 0 Å². The lowest BCUT2D eigenvalue weighted by atomic mass is 10.1. The highest BCUT2D eigenvalue weighted by molar-refractivity contribution is 5.81. The minimum Gasteiger partial charge on any atom is -0.480 e. The van der Waals surface area contributed by atoms with Crippen LogP contribution >= 0.6 is 0 Å². The minimum absolute atomic E-state index is 0.0561. The van der Waals surface area contributed by atoms with E-state index in [1.807, 2.05) is 20.8 Å². The van der Waals surface area contributed by atoms with Gasteiger partial charge >= 0.3 is 12.0 Å². The molecule has 0 aliphatic carbocycles. The van der Waals surface area contributed by atoms with Gasteiger partial charge in [0.2, 0.25) is 0 Å². The van der Waals surface area contributed by atoms with Crippen molar-refractivity contribution in [3.05, 3.63) is 0 Å². The molecule has 1 fully saturated rings. The lowest BCUT2D eigenvalue weighted by molar-refractivity contribution is -0.138. The Balaban J connectivity index is 2.74.